The van der Waals surface area contributed by atoms with Gasteiger partial charge in [-0.25, -0.2) is 0 Å². The van der Waals surface area contributed by atoms with Crippen LogP contribution in [0.5, 0.6) is 5.75 Å². The van der Waals surface area contributed by atoms with Crippen LogP contribution in [0.15, 0.2) is 60.8 Å². The van der Waals surface area contributed by atoms with Crippen molar-refractivity contribution in [3.8, 4) is 5.75 Å². The van der Waals surface area contributed by atoms with Gasteiger partial charge in [-0.05, 0) is 42.0 Å². The van der Waals surface area contributed by atoms with E-state index in [1.807, 2.05) is 48.5 Å². The summed E-state index contributed by atoms with van der Waals surface area (Å²) in [4.78, 5) is 16.6. The molecule has 4 nitrogen and oxygen atoms in total. The molecule has 0 radical (unpaired) electrons. The standard InChI is InChI=1S/C20H19FN2O2/c21-9-3-11-25-18-6-1-4-15(12-18)14-23-20(24)17-7-8-19-16(13-17)5-2-10-22-19/h1-2,4-8,10,12-13H,3,9,11,14H2,(H,23,24). The number of hydrogen-bond acceptors (Lipinski definition) is 3. The van der Waals surface area contributed by atoms with Gasteiger partial charge in [0.1, 0.15) is 5.75 Å². The quantitative estimate of drug-likeness (QED) is 0.665. The lowest BCUT2D eigenvalue weighted by molar-refractivity contribution is 0.0951. The highest BCUT2D eigenvalue weighted by atomic mass is 19.1. The predicted octanol–water partition coefficient (Wildman–Crippen LogP) is 3.90. The second-order valence-electron chi connectivity index (χ2n) is 5.63. The molecule has 3 rings (SSSR count). The molecular formula is C20H19FN2O2. The smallest absolute Gasteiger partial charge is 0.251 e. The molecule has 1 heterocycles. The Hall–Kier alpha value is -2.95. The fourth-order valence-corrected chi connectivity index (χ4v) is 2.49. The van der Waals surface area contributed by atoms with Gasteiger partial charge < -0.3 is 10.1 Å². The second kappa shape index (κ2) is 8.24. The number of carbonyl (C=O) groups is 1. The zero-order valence-corrected chi connectivity index (χ0v) is 13.7. The second-order valence-corrected chi connectivity index (χ2v) is 5.63. The third-order valence-corrected chi connectivity index (χ3v) is 3.76. The van der Waals surface area contributed by atoms with E-state index < -0.39 is 6.67 Å². The molecule has 0 saturated carbocycles. The van der Waals surface area contributed by atoms with E-state index in [0.717, 1.165) is 16.5 Å². The van der Waals surface area contributed by atoms with Gasteiger partial charge in [0.2, 0.25) is 0 Å². The summed E-state index contributed by atoms with van der Waals surface area (Å²) in [6, 6.07) is 16.6. The molecule has 0 aliphatic rings. The molecule has 0 bridgehead atoms. The van der Waals surface area contributed by atoms with Gasteiger partial charge in [-0.3, -0.25) is 14.2 Å². The van der Waals surface area contributed by atoms with Crippen molar-refractivity contribution >= 4 is 16.8 Å². The lowest BCUT2D eigenvalue weighted by atomic mass is 10.1. The number of hydrogen-bond donors (Lipinski definition) is 1. The van der Waals surface area contributed by atoms with Crippen molar-refractivity contribution in [3.05, 3.63) is 71.9 Å². The van der Waals surface area contributed by atoms with E-state index in [4.69, 9.17) is 4.74 Å². The number of alkyl halides is 1. The minimum Gasteiger partial charge on any atom is -0.493 e. The fourth-order valence-electron chi connectivity index (χ4n) is 2.49. The molecule has 0 unspecified atom stereocenters. The summed E-state index contributed by atoms with van der Waals surface area (Å²) in [6.45, 7) is 0.346. The molecule has 128 valence electrons. The van der Waals surface area contributed by atoms with E-state index >= 15 is 0 Å². The van der Waals surface area contributed by atoms with Crippen LogP contribution in [0.4, 0.5) is 4.39 Å². The van der Waals surface area contributed by atoms with E-state index in [9.17, 15) is 9.18 Å². The highest BCUT2D eigenvalue weighted by molar-refractivity contribution is 5.97. The lowest BCUT2D eigenvalue weighted by Gasteiger charge is -2.09. The monoisotopic (exact) mass is 338 g/mol. The molecule has 3 aromatic rings. The number of aromatic nitrogens is 1. The number of ether oxygens (including phenoxy) is 1. The maximum absolute atomic E-state index is 12.4. The summed E-state index contributed by atoms with van der Waals surface area (Å²) in [5.74, 6) is 0.534. The zero-order chi connectivity index (χ0) is 17.5. The van der Waals surface area contributed by atoms with Crippen LogP contribution in [0.2, 0.25) is 0 Å². The minimum atomic E-state index is -0.392. The van der Waals surface area contributed by atoms with E-state index in [1.165, 1.54) is 0 Å². The summed E-state index contributed by atoms with van der Waals surface area (Å²) in [6.07, 6.45) is 2.10. The Kier molecular flexibility index (Phi) is 5.57. The highest BCUT2D eigenvalue weighted by Gasteiger charge is 2.07. The summed E-state index contributed by atoms with van der Waals surface area (Å²) in [5.41, 5.74) is 2.38. The van der Waals surface area contributed by atoms with E-state index in [-0.39, 0.29) is 5.91 Å². The molecule has 0 spiro atoms. The molecule has 0 saturated heterocycles. The van der Waals surface area contributed by atoms with Gasteiger partial charge in [0.25, 0.3) is 5.91 Å². The van der Waals surface area contributed by atoms with Gasteiger partial charge in [0.15, 0.2) is 0 Å². The summed E-state index contributed by atoms with van der Waals surface area (Å²) < 4.78 is 17.6. The maximum Gasteiger partial charge on any atom is 0.251 e. The van der Waals surface area contributed by atoms with Crippen LogP contribution in [-0.2, 0) is 6.54 Å². The highest BCUT2D eigenvalue weighted by Crippen LogP contribution is 2.15. The predicted molar refractivity (Wildman–Crippen MR) is 95.4 cm³/mol. The average Bonchev–Trinajstić information content (AvgIpc) is 2.66. The zero-order valence-electron chi connectivity index (χ0n) is 13.7. The molecule has 1 aromatic heterocycles. The topological polar surface area (TPSA) is 51.2 Å². The number of halogens is 1. The van der Waals surface area contributed by atoms with Crippen LogP contribution in [0, 0.1) is 0 Å². The van der Waals surface area contributed by atoms with Crippen LogP contribution in [-0.4, -0.2) is 24.2 Å². The molecule has 0 aliphatic carbocycles. The normalized spacial score (nSPS) is 10.6. The number of amides is 1. The van der Waals surface area contributed by atoms with E-state index in [1.54, 1.807) is 12.3 Å². The first-order valence-corrected chi connectivity index (χ1v) is 8.17. The van der Waals surface area contributed by atoms with E-state index in [2.05, 4.69) is 10.3 Å². The number of carbonyl (C=O) groups excluding carboxylic acids is 1. The first kappa shape index (κ1) is 16.9. The summed E-state index contributed by atoms with van der Waals surface area (Å²) in [5, 5.41) is 3.83. The van der Waals surface area contributed by atoms with Crippen LogP contribution in [0.3, 0.4) is 0 Å². The van der Waals surface area contributed by atoms with Gasteiger partial charge in [0, 0.05) is 30.1 Å². The van der Waals surface area contributed by atoms with Gasteiger partial charge in [-0.2, -0.15) is 0 Å². The van der Waals surface area contributed by atoms with Crippen molar-refractivity contribution in [2.75, 3.05) is 13.3 Å². The summed E-state index contributed by atoms with van der Waals surface area (Å²) in [7, 11) is 0. The molecule has 1 amide bonds. The SMILES string of the molecule is O=C(NCc1cccc(OCCCF)c1)c1ccc2ncccc2c1. The molecule has 5 heteroatoms. The lowest BCUT2D eigenvalue weighted by Crippen LogP contribution is -2.22. The third-order valence-electron chi connectivity index (χ3n) is 3.76. The number of nitrogens with one attached hydrogen (secondary N) is 1. The van der Waals surface area contributed by atoms with Gasteiger partial charge in [-0.15, -0.1) is 0 Å². The van der Waals surface area contributed by atoms with Crippen molar-refractivity contribution in [1.82, 2.24) is 10.3 Å². The van der Waals surface area contributed by atoms with Crippen LogP contribution in [0.25, 0.3) is 10.9 Å². The Balaban J connectivity index is 1.62. The van der Waals surface area contributed by atoms with Crippen molar-refractivity contribution < 1.29 is 13.9 Å². The van der Waals surface area contributed by atoms with Gasteiger partial charge in [0.05, 0.1) is 18.8 Å². The molecule has 1 N–H and O–H groups in total. The van der Waals surface area contributed by atoms with Gasteiger partial charge in [-0.1, -0.05) is 18.2 Å². The molecule has 0 aliphatic heterocycles. The Morgan fingerprint density at radius 3 is 2.92 bits per heavy atom. The molecule has 25 heavy (non-hydrogen) atoms. The van der Waals surface area contributed by atoms with Gasteiger partial charge >= 0.3 is 0 Å². The Bertz CT molecular complexity index is 867. The van der Waals surface area contributed by atoms with Crippen molar-refractivity contribution in [2.45, 2.75) is 13.0 Å². The molecule has 0 atom stereocenters. The van der Waals surface area contributed by atoms with Crippen molar-refractivity contribution in [3.63, 3.8) is 0 Å². The first-order valence-electron chi connectivity index (χ1n) is 8.17. The third kappa shape index (κ3) is 4.53. The van der Waals surface area contributed by atoms with Crippen LogP contribution in [0.1, 0.15) is 22.3 Å². The number of fused-ring (bicyclic) bond motifs is 1. The Morgan fingerprint density at radius 1 is 1.12 bits per heavy atom. The largest absolute Gasteiger partial charge is 0.493 e. The van der Waals surface area contributed by atoms with E-state index in [0.29, 0.717) is 30.9 Å². The number of pyridine rings is 1. The molecular weight excluding hydrogens is 319 g/mol. The van der Waals surface area contributed by atoms with Crippen molar-refractivity contribution in [2.24, 2.45) is 0 Å². The summed E-state index contributed by atoms with van der Waals surface area (Å²) >= 11 is 0. The number of rotatable bonds is 7. The van der Waals surface area contributed by atoms with Crippen molar-refractivity contribution in [1.29, 1.82) is 0 Å². The van der Waals surface area contributed by atoms with Crippen LogP contribution >= 0.6 is 0 Å². The molecule has 0 fully saturated rings. The minimum absolute atomic E-state index is 0.144. The Morgan fingerprint density at radius 2 is 2.04 bits per heavy atom. The first-order chi connectivity index (χ1) is 12.3. The molecule has 2 aromatic carbocycles. The fraction of sp³-hybridized carbons (Fsp3) is 0.200. The maximum atomic E-state index is 12.4. The average molecular weight is 338 g/mol. The number of benzene rings is 2. The number of nitrogens with zero attached hydrogens (tertiary/aromatic N) is 1. The Labute approximate surface area is 145 Å². The van der Waals surface area contributed by atoms with Crippen LogP contribution < -0.4 is 10.1 Å².